The molecule has 8 heteroatoms. The second kappa shape index (κ2) is 11.3. The molecular formula is C23H39N3O5. The Hall–Kier alpha value is -1.67. The third-order valence-corrected chi connectivity index (χ3v) is 8.15. The number of likely N-dealkylation sites (tertiary alicyclic amines) is 1. The van der Waals surface area contributed by atoms with Gasteiger partial charge in [-0.05, 0) is 82.2 Å². The van der Waals surface area contributed by atoms with E-state index >= 15 is 0 Å². The lowest BCUT2D eigenvalue weighted by Gasteiger charge is -2.61. The highest BCUT2D eigenvalue weighted by Gasteiger charge is 2.53. The molecule has 0 aromatic carbocycles. The van der Waals surface area contributed by atoms with Gasteiger partial charge < -0.3 is 20.0 Å². The fourth-order valence-electron chi connectivity index (χ4n) is 7.30. The molecule has 4 bridgehead atoms. The van der Waals surface area contributed by atoms with Crippen molar-refractivity contribution in [3.8, 4) is 0 Å². The molecule has 8 nitrogen and oxygen atoms in total. The Labute approximate surface area is 185 Å². The highest BCUT2D eigenvalue weighted by molar-refractivity contribution is 5.76. The normalized spacial score (nSPS) is 34.3. The molecule has 0 aromatic heterocycles. The van der Waals surface area contributed by atoms with Crippen LogP contribution in [0.1, 0.15) is 57.8 Å². The number of piperazine rings is 1. The summed E-state index contributed by atoms with van der Waals surface area (Å²) in [6, 6.07) is 0. The van der Waals surface area contributed by atoms with Crippen molar-refractivity contribution in [1.29, 1.82) is 0 Å². The molecular weight excluding hydrogens is 398 g/mol. The van der Waals surface area contributed by atoms with Crippen LogP contribution in [0, 0.1) is 17.8 Å². The zero-order valence-corrected chi connectivity index (χ0v) is 18.7. The molecule has 0 atom stereocenters. The van der Waals surface area contributed by atoms with Crippen molar-refractivity contribution in [1.82, 2.24) is 14.7 Å². The molecule has 2 aliphatic heterocycles. The van der Waals surface area contributed by atoms with Gasteiger partial charge in [0.15, 0.2) is 0 Å². The monoisotopic (exact) mass is 437 g/mol. The van der Waals surface area contributed by atoms with E-state index in [0.717, 1.165) is 56.9 Å². The Bertz CT molecular complexity index is 559. The molecule has 4 saturated carbocycles. The average molecular weight is 438 g/mol. The van der Waals surface area contributed by atoms with Crippen molar-refractivity contribution in [2.24, 2.45) is 17.8 Å². The van der Waals surface area contributed by atoms with Gasteiger partial charge in [0, 0.05) is 44.7 Å². The maximum atomic E-state index is 12.6. The summed E-state index contributed by atoms with van der Waals surface area (Å²) in [5, 5.41) is 13.8. The van der Waals surface area contributed by atoms with Crippen molar-refractivity contribution in [3.05, 3.63) is 0 Å². The third kappa shape index (κ3) is 5.98. The molecule has 0 radical (unpaired) electrons. The number of nitrogens with zero attached hydrogens (tertiary/aromatic N) is 3. The maximum Gasteiger partial charge on any atom is 0.290 e. The molecule has 0 spiro atoms. The SMILES string of the molecule is O=C(CCN1CCCC1)N1CCN(C23CC4CC(CC(C4)C2)C3)CC1.O=CO.O=CO. The Kier molecular flexibility index (Phi) is 8.72. The first-order valence-electron chi connectivity index (χ1n) is 11.9. The summed E-state index contributed by atoms with van der Waals surface area (Å²) in [7, 11) is 0. The van der Waals surface area contributed by atoms with Crippen molar-refractivity contribution in [3.63, 3.8) is 0 Å². The number of amides is 1. The summed E-state index contributed by atoms with van der Waals surface area (Å²) in [6.07, 6.45) is 12.3. The minimum Gasteiger partial charge on any atom is -0.483 e. The van der Waals surface area contributed by atoms with E-state index < -0.39 is 0 Å². The molecule has 4 aliphatic carbocycles. The molecule has 2 N–H and O–H groups in total. The fraction of sp³-hybridized carbons (Fsp3) is 0.870. The number of carboxylic acid groups (broad SMARTS) is 2. The van der Waals surface area contributed by atoms with Gasteiger partial charge in [-0.3, -0.25) is 19.3 Å². The Balaban J connectivity index is 0.000000411. The van der Waals surface area contributed by atoms with Crippen molar-refractivity contribution in [2.45, 2.75) is 63.3 Å². The summed E-state index contributed by atoms with van der Waals surface area (Å²) in [5.41, 5.74) is 0.527. The van der Waals surface area contributed by atoms with Gasteiger partial charge in [-0.2, -0.15) is 0 Å². The zero-order chi connectivity index (χ0) is 22.3. The van der Waals surface area contributed by atoms with E-state index in [1.807, 2.05) is 0 Å². The molecule has 31 heavy (non-hydrogen) atoms. The van der Waals surface area contributed by atoms with Crippen LogP contribution in [0.3, 0.4) is 0 Å². The standard InChI is InChI=1S/C21H35N3O.2CH2O2/c25-20(3-6-22-4-1-2-5-22)23-7-9-24(10-8-23)21-14-17-11-18(15-21)13-19(12-17)16-21;2*2-1-3/h17-19H,1-16H2;2*1H,(H,2,3). The van der Waals surface area contributed by atoms with Gasteiger partial charge in [-0.25, -0.2) is 0 Å². The topological polar surface area (TPSA) is 101 Å². The van der Waals surface area contributed by atoms with Gasteiger partial charge in [0.05, 0.1) is 0 Å². The van der Waals surface area contributed by atoms with Crippen LogP contribution in [0.2, 0.25) is 0 Å². The highest BCUT2D eigenvalue weighted by atomic mass is 16.3. The Morgan fingerprint density at radius 2 is 1.26 bits per heavy atom. The van der Waals surface area contributed by atoms with Crippen LogP contribution in [-0.2, 0) is 14.4 Å². The van der Waals surface area contributed by atoms with Gasteiger partial charge >= 0.3 is 0 Å². The van der Waals surface area contributed by atoms with E-state index in [1.165, 1.54) is 64.5 Å². The van der Waals surface area contributed by atoms with Crippen LogP contribution < -0.4 is 0 Å². The van der Waals surface area contributed by atoms with E-state index in [1.54, 1.807) is 0 Å². The number of hydrogen-bond acceptors (Lipinski definition) is 5. The molecule has 6 aliphatic rings. The third-order valence-electron chi connectivity index (χ3n) is 8.15. The first kappa shape index (κ1) is 24.0. The summed E-state index contributed by atoms with van der Waals surface area (Å²) in [6.45, 7) is 7.08. The quantitative estimate of drug-likeness (QED) is 0.649. The lowest BCUT2D eigenvalue weighted by atomic mass is 9.52. The van der Waals surface area contributed by atoms with Crippen molar-refractivity contribution < 1.29 is 24.6 Å². The van der Waals surface area contributed by atoms with Crippen LogP contribution in [-0.4, -0.2) is 95.1 Å². The van der Waals surface area contributed by atoms with Crippen LogP contribution in [0.15, 0.2) is 0 Å². The summed E-state index contributed by atoms with van der Waals surface area (Å²) in [4.78, 5) is 36.8. The lowest BCUT2D eigenvalue weighted by Crippen LogP contribution is -2.64. The lowest BCUT2D eigenvalue weighted by molar-refractivity contribution is -0.138. The average Bonchev–Trinajstić information content (AvgIpc) is 3.26. The Morgan fingerprint density at radius 1 is 0.806 bits per heavy atom. The molecule has 0 aromatic rings. The van der Waals surface area contributed by atoms with Gasteiger partial charge in [-0.1, -0.05) is 0 Å². The number of carbonyl (C=O) groups is 3. The molecule has 6 fully saturated rings. The zero-order valence-electron chi connectivity index (χ0n) is 18.7. The maximum absolute atomic E-state index is 12.6. The van der Waals surface area contributed by atoms with Gasteiger partial charge in [0.2, 0.25) is 5.91 Å². The summed E-state index contributed by atoms with van der Waals surface area (Å²) in [5.74, 6) is 3.46. The minimum atomic E-state index is -0.250. The van der Waals surface area contributed by atoms with Gasteiger partial charge in [0.1, 0.15) is 0 Å². The molecule has 2 heterocycles. The molecule has 2 saturated heterocycles. The van der Waals surface area contributed by atoms with E-state index in [9.17, 15) is 4.79 Å². The molecule has 6 rings (SSSR count). The Morgan fingerprint density at radius 3 is 1.71 bits per heavy atom. The summed E-state index contributed by atoms with van der Waals surface area (Å²) < 4.78 is 0. The second-order valence-corrected chi connectivity index (χ2v) is 10.0. The summed E-state index contributed by atoms with van der Waals surface area (Å²) >= 11 is 0. The van der Waals surface area contributed by atoms with E-state index in [-0.39, 0.29) is 12.9 Å². The largest absolute Gasteiger partial charge is 0.483 e. The molecule has 0 unspecified atom stereocenters. The highest BCUT2D eigenvalue weighted by Crippen LogP contribution is 2.57. The van der Waals surface area contributed by atoms with Crippen LogP contribution >= 0.6 is 0 Å². The molecule has 1 amide bonds. The number of hydrogen-bond donors (Lipinski definition) is 2. The van der Waals surface area contributed by atoms with Gasteiger partial charge in [-0.15, -0.1) is 0 Å². The second-order valence-electron chi connectivity index (χ2n) is 10.0. The predicted molar refractivity (Wildman–Crippen MR) is 117 cm³/mol. The van der Waals surface area contributed by atoms with E-state index in [4.69, 9.17) is 19.8 Å². The fourth-order valence-corrected chi connectivity index (χ4v) is 7.30. The predicted octanol–water partition coefficient (Wildman–Crippen LogP) is 1.99. The number of carbonyl (C=O) groups excluding carboxylic acids is 1. The van der Waals surface area contributed by atoms with E-state index in [0.29, 0.717) is 11.4 Å². The smallest absolute Gasteiger partial charge is 0.290 e. The van der Waals surface area contributed by atoms with Crippen LogP contribution in [0.25, 0.3) is 0 Å². The minimum absolute atomic E-state index is 0.250. The van der Waals surface area contributed by atoms with Crippen LogP contribution in [0.4, 0.5) is 0 Å². The van der Waals surface area contributed by atoms with E-state index in [2.05, 4.69) is 14.7 Å². The molecule has 176 valence electrons. The van der Waals surface area contributed by atoms with Crippen LogP contribution in [0.5, 0.6) is 0 Å². The first-order chi connectivity index (χ1) is 15.0. The van der Waals surface area contributed by atoms with Crippen molar-refractivity contribution >= 4 is 18.9 Å². The first-order valence-corrected chi connectivity index (χ1v) is 11.9. The van der Waals surface area contributed by atoms with Gasteiger partial charge in [0.25, 0.3) is 12.9 Å². The number of rotatable bonds is 4. The van der Waals surface area contributed by atoms with Crippen molar-refractivity contribution in [2.75, 3.05) is 45.8 Å².